The van der Waals surface area contributed by atoms with E-state index in [2.05, 4.69) is 11.1 Å². The van der Waals surface area contributed by atoms with E-state index < -0.39 is 18.0 Å². The van der Waals surface area contributed by atoms with E-state index in [0.717, 1.165) is 12.8 Å². The van der Waals surface area contributed by atoms with Gasteiger partial charge in [-0.2, -0.15) is 8.42 Å². The average molecular weight is 373 g/mol. The fourth-order valence-electron chi connectivity index (χ4n) is 1.86. The summed E-state index contributed by atoms with van der Waals surface area (Å²) in [7, 11) is -7.38. The summed E-state index contributed by atoms with van der Waals surface area (Å²) in [6.45, 7) is 8.17. The molecule has 0 saturated heterocycles. The number of hydrogen-bond donors (Lipinski definition) is 0. The predicted molar refractivity (Wildman–Crippen MR) is 92.5 cm³/mol. The molecule has 9 heteroatoms. The summed E-state index contributed by atoms with van der Waals surface area (Å²) in [5, 5.41) is 0. The summed E-state index contributed by atoms with van der Waals surface area (Å²) in [6, 6.07) is 0. The molecular weight excluding hydrogens is 341 g/mol. The minimum absolute atomic E-state index is 0.113. The van der Waals surface area contributed by atoms with E-state index in [1.54, 1.807) is 20.8 Å². The lowest BCUT2D eigenvalue weighted by atomic mass is 10.1. The van der Waals surface area contributed by atoms with Gasteiger partial charge in [0, 0.05) is 0 Å². The van der Waals surface area contributed by atoms with Crippen LogP contribution in [0.1, 0.15) is 66.2 Å². The maximum atomic E-state index is 12.0. The summed E-state index contributed by atoms with van der Waals surface area (Å²) in [5.74, 6) is 0. The van der Waals surface area contributed by atoms with Crippen LogP contribution < -0.4 is 0 Å². The molecule has 0 aliphatic rings. The van der Waals surface area contributed by atoms with E-state index in [4.69, 9.17) is 17.8 Å². The molecule has 0 radical (unpaired) electrons. The summed E-state index contributed by atoms with van der Waals surface area (Å²) in [6.07, 6.45) is 6.27. The highest BCUT2D eigenvalue weighted by Gasteiger charge is 2.27. The van der Waals surface area contributed by atoms with E-state index in [1.807, 2.05) is 0 Å². The Balaban J connectivity index is 4.61. The van der Waals surface area contributed by atoms with Gasteiger partial charge < -0.3 is 13.6 Å². The van der Waals surface area contributed by atoms with Crippen LogP contribution in [0, 0.1) is 0 Å². The minimum atomic E-state index is -4.10. The Morgan fingerprint density at radius 2 is 1.26 bits per heavy atom. The molecule has 0 unspecified atom stereocenters. The molecule has 23 heavy (non-hydrogen) atoms. The molecule has 7 nitrogen and oxygen atoms in total. The lowest BCUT2D eigenvalue weighted by molar-refractivity contribution is 0.163. The monoisotopic (exact) mass is 373 g/mol. The van der Waals surface area contributed by atoms with Crippen molar-refractivity contribution in [3.05, 3.63) is 0 Å². The SMILES string of the molecule is CCCCCCCCOS(=O)(=O)N=P(OCC)(OCC)OCC. The highest BCUT2D eigenvalue weighted by atomic mass is 32.2. The van der Waals surface area contributed by atoms with Crippen molar-refractivity contribution in [2.45, 2.75) is 66.2 Å². The van der Waals surface area contributed by atoms with Crippen molar-refractivity contribution in [1.29, 1.82) is 0 Å². The molecule has 0 aliphatic heterocycles. The smallest absolute Gasteiger partial charge is 0.302 e. The third-order valence-electron chi connectivity index (χ3n) is 2.81. The van der Waals surface area contributed by atoms with Gasteiger partial charge in [0.2, 0.25) is 0 Å². The van der Waals surface area contributed by atoms with Gasteiger partial charge in [-0.15, -0.1) is 0 Å². The van der Waals surface area contributed by atoms with E-state index in [0.29, 0.717) is 6.42 Å². The maximum absolute atomic E-state index is 12.0. The largest absolute Gasteiger partial charge is 0.385 e. The van der Waals surface area contributed by atoms with Gasteiger partial charge >= 0.3 is 18.0 Å². The average Bonchev–Trinajstić information content (AvgIpc) is 2.46. The molecule has 0 heterocycles. The van der Waals surface area contributed by atoms with Crippen LogP contribution in [0.3, 0.4) is 0 Å². The maximum Gasteiger partial charge on any atom is 0.385 e. The zero-order valence-electron chi connectivity index (χ0n) is 14.8. The highest BCUT2D eigenvalue weighted by Crippen LogP contribution is 2.54. The Bertz CT molecular complexity index is 417. The van der Waals surface area contributed by atoms with Crippen LogP contribution in [0.25, 0.3) is 0 Å². The zero-order valence-corrected chi connectivity index (χ0v) is 16.5. The second-order valence-electron chi connectivity index (χ2n) is 4.82. The van der Waals surface area contributed by atoms with E-state index in [1.165, 1.54) is 19.3 Å². The lowest BCUT2D eigenvalue weighted by Gasteiger charge is -2.21. The fraction of sp³-hybridized carbons (Fsp3) is 1.00. The van der Waals surface area contributed by atoms with E-state index in [-0.39, 0.29) is 26.4 Å². The van der Waals surface area contributed by atoms with Crippen LogP contribution in [0.15, 0.2) is 4.15 Å². The standard InChI is InChI=1S/C14H32NO6PS/c1-5-9-10-11-12-13-14-21-23(16,17)15-22(18-6-2,19-7-3)20-8-4/h5-14H2,1-4H3. The minimum Gasteiger partial charge on any atom is -0.302 e. The van der Waals surface area contributed by atoms with Crippen molar-refractivity contribution < 1.29 is 26.2 Å². The first-order chi connectivity index (χ1) is 10.9. The van der Waals surface area contributed by atoms with Gasteiger partial charge in [-0.05, 0) is 27.2 Å². The Labute approximate surface area is 141 Å². The summed E-state index contributed by atoms with van der Waals surface area (Å²) in [4.78, 5) is 0. The Kier molecular flexibility index (Phi) is 13.3. The van der Waals surface area contributed by atoms with Gasteiger partial charge in [-0.3, -0.25) is 4.18 Å². The molecular formula is C14H32NO6PS. The third kappa shape index (κ3) is 11.2. The zero-order chi connectivity index (χ0) is 17.6. The van der Waals surface area contributed by atoms with Crippen molar-refractivity contribution in [3.8, 4) is 0 Å². The van der Waals surface area contributed by atoms with Crippen LogP contribution in [0.2, 0.25) is 0 Å². The molecule has 0 aliphatic carbocycles. The Hall–Kier alpha value is 0.0200. The highest BCUT2D eigenvalue weighted by molar-refractivity contribution is 7.88. The number of hydrogen-bond acceptors (Lipinski definition) is 6. The second-order valence-corrected chi connectivity index (χ2v) is 8.28. The van der Waals surface area contributed by atoms with E-state index >= 15 is 0 Å². The van der Waals surface area contributed by atoms with Gasteiger partial charge in [-0.1, -0.05) is 43.2 Å². The molecule has 0 fully saturated rings. The van der Waals surface area contributed by atoms with Gasteiger partial charge in [0.1, 0.15) is 0 Å². The summed E-state index contributed by atoms with van der Waals surface area (Å²) in [5.41, 5.74) is 0. The van der Waals surface area contributed by atoms with Crippen molar-refractivity contribution in [1.82, 2.24) is 0 Å². The topological polar surface area (TPSA) is 83.4 Å². The van der Waals surface area contributed by atoms with Gasteiger partial charge in [0.05, 0.1) is 26.4 Å². The third-order valence-corrected chi connectivity index (χ3v) is 6.62. The summed E-state index contributed by atoms with van der Waals surface area (Å²) < 4.78 is 48.7. The first kappa shape index (κ1) is 23.0. The molecule has 0 atom stereocenters. The molecule has 0 bridgehead atoms. The van der Waals surface area contributed by atoms with Gasteiger partial charge in [0.25, 0.3) is 0 Å². The number of nitrogens with zero attached hydrogens (tertiary/aromatic N) is 1. The lowest BCUT2D eigenvalue weighted by Crippen LogP contribution is -2.08. The van der Waals surface area contributed by atoms with Crippen molar-refractivity contribution >= 4 is 18.0 Å². The molecule has 0 spiro atoms. The molecule has 0 N–H and O–H groups in total. The molecule has 0 aromatic heterocycles. The number of unbranched alkanes of at least 4 members (excludes halogenated alkanes) is 5. The molecule has 0 aromatic rings. The molecule has 0 amide bonds. The first-order valence-corrected chi connectivity index (χ1v) is 11.3. The van der Waals surface area contributed by atoms with Crippen LogP contribution >= 0.6 is 7.74 Å². The van der Waals surface area contributed by atoms with Crippen LogP contribution in [-0.2, 0) is 28.1 Å². The van der Waals surface area contributed by atoms with E-state index in [9.17, 15) is 8.42 Å². The summed E-state index contributed by atoms with van der Waals surface area (Å²) >= 11 is 0. The number of rotatable bonds is 15. The quantitative estimate of drug-likeness (QED) is 0.306. The van der Waals surface area contributed by atoms with Crippen molar-refractivity contribution in [2.24, 2.45) is 4.15 Å². The second kappa shape index (κ2) is 13.3. The molecule has 0 rings (SSSR count). The van der Waals surface area contributed by atoms with Crippen LogP contribution in [0.4, 0.5) is 0 Å². The van der Waals surface area contributed by atoms with Crippen LogP contribution in [0.5, 0.6) is 0 Å². The molecule has 140 valence electrons. The van der Waals surface area contributed by atoms with Gasteiger partial charge in [0.15, 0.2) is 0 Å². The molecule has 0 saturated carbocycles. The van der Waals surface area contributed by atoms with Gasteiger partial charge in [-0.25, -0.2) is 0 Å². The Morgan fingerprint density at radius 1 is 0.783 bits per heavy atom. The first-order valence-electron chi connectivity index (χ1n) is 8.41. The fourth-order valence-corrected chi connectivity index (χ4v) is 5.13. The molecule has 0 aromatic carbocycles. The predicted octanol–water partition coefficient (Wildman–Crippen LogP) is 4.66. The normalized spacial score (nSPS) is 12.5. The van der Waals surface area contributed by atoms with Crippen molar-refractivity contribution in [2.75, 3.05) is 26.4 Å². The van der Waals surface area contributed by atoms with Crippen LogP contribution in [-0.4, -0.2) is 34.8 Å². The Morgan fingerprint density at radius 3 is 1.74 bits per heavy atom. The van der Waals surface area contributed by atoms with Crippen molar-refractivity contribution in [3.63, 3.8) is 0 Å².